The monoisotopic (exact) mass is 391 g/mol. The molecule has 1 aliphatic rings. The summed E-state index contributed by atoms with van der Waals surface area (Å²) in [7, 11) is 0. The van der Waals surface area contributed by atoms with Crippen molar-refractivity contribution in [3.63, 3.8) is 0 Å². The lowest BCUT2D eigenvalue weighted by Gasteiger charge is -2.34. The maximum atomic E-state index is 12.3. The Morgan fingerprint density at radius 3 is 2.46 bits per heavy atom. The Morgan fingerprint density at radius 1 is 1.08 bits per heavy atom. The normalized spacial score (nSPS) is 15.0. The molecule has 0 unspecified atom stereocenters. The minimum absolute atomic E-state index is 0.0997. The number of carbonyl (C=O) groups is 2. The number of nitrogens with zero attached hydrogens (tertiary/aromatic N) is 2. The SMILES string of the molecule is O=C(NCCC(=O)N1CCN(Cc2ccc(Cl)cc2)CC1)c1cccs1. The summed E-state index contributed by atoms with van der Waals surface area (Å²) >= 11 is 7.31. The lowest BCUT2D eigenvalue weighted by molar-refractivity contribution is -0.132. The highest BCUT2D eigenvalue weighted by Gasteiger charge is 2.21. The summed E-state index contributed by atoms with van der Waals surface area (Å²) in [6, 6.07) is 11.5. The molecule has 1 saturated heterocycles. The van der Waals surface area contributed by atoms with Gasteiger partial charge in [0.05, 0.1) is 4.88 Å². The van der Waals surface area contributed by atoms with Gasteiger partial charge in [0.25, 0.3) is 5.91 Å². The van der Waals surface area contributed by atoms with E-state index < -0.39 is 0 Å². The van der Waals surface area contributed by atoms with Crippen molar-refractivity contribution in [2.24, 2.45) is 0 Å². The maximum Gasteiger partial charge on any atom is 0.261 e. The van der Waals surface area contributed by atoms with E-state index in [1.807, 2.05) is 40.6 Å². The molecule has 1 aromatic heterocycles. The van der Waals surface area contributed by atoms with E-state index >= 15 is 0 Å². The Morgan fingerprint density at radius 2 is 1.81 bits per heavy atom. The molecular formula is C19H22ClN3O2S. The summed E-state index contributed by atoms with van der Waals surface area (Å²) < 4.78 is 0. The van der Waals surface area contributed by atoms with Gasteiger partial charge >= 0.3 is 0 Å². The third kappa shape index (κ3) is 5.30. The van der Waals surface area contributed by atoms with Crippen molar-refractivity contribution in [2.45, 2.75) is 13.0 Å². The van der Waals surface area contributed by atoms with Crippen molar-refractivity contribution < 1.29 is 9.59 Å². The van der Waals surface area contributed by atoms with Gasteiger partial charge in [0.2, 0.25) is 5.91 Å². The van der Waals surface area contributed by atoms with Crippen LogP contribution in [0, 0.1) is 0 Å². The van der Waals surface area contributed by atoms with Crippen LogP contribution in [0.15, 0.2) is 41.8 Å². The van der Waals surface area contributed by atoms with Crippen LogP contribution in [-0.2, 0) is 11.3 Å². The third-order valence-corrected chi connectivity index (χ3v) is 5.53. The minimum atomic E-state index is -0.111. The van der Waals surface area contributed by atoms with Crippen molar-refractivity contribution >= 4 is 34.8 Å². The quantitative estimate of drug-likeness (QED) is 0.823. The second-order valence-corrected chi connectivity index (χ2v) is 7.65. The van der Waals surface area contributed by atoms with Gasteiger partial charge in [-0.3, -0.25) is 14.5 Å². The Balaban J connectivity index is 1.36. The van der Waals surface area contributed by atoms with Gasteiger partial charge in [-0.25, -0.2) is 0 Å². The molecular weight excluding hydrogens is 370 g/mol. The third-order valence-electron chi connectivity index (χ3n) is 4.41. The minimum Gasteiger partial charge on any atom is -0.351 e. The largest absolute Gasteiger partial charge is 0.351 e. The number of carbonyl (C=O) groups excluding carboxylic acids is 2. The van der Waals surface area contributed by atoms with E-state index in [2.05, 4.69) is 10.2 Å². The molecule has 5 nitrogen and oxygen atoms in total. The summed E-state index contributed by atoms with van der Waals surface area (Å²) in [5, 5.41) is 5.41. The highest BCUT2D eigenvalue weighted by Crippen LogP contribution is 2.13. The number of hydrogen-bond acceptors (Lipinski definition) is 4. The fraction of sp³-hybridized carbons (Fsp3) is 0.368. The standard InChI is InChI=1S/C19H22ClN3O2S/c20-16-5-3-15(4-6-16)14-22-9-11-23(12-10-22)18(24)7-8-21-19(25)17-2-1-13-26-17/h1-6,13H,7-12,14H2,(H,21,25). The van der Waals surface area contributed by atoms with Gasteiger partial charge < -0.3 is 10.2 Å². The van der Waals surface area contributed by atoms with Crippen molar-refractivity contribution in [1.29, 1.82) is 0 Å². The molecule has 0 bridgehead atoms. The molecule has 2 aromatic rings. The van der Waals surface area contributed by atoms with Crippen LogP contribution in [0.2, 0.25) is 5.02 Å². The number of nitrogens with one attached hydrogen (secondary N) is 1. The van der Waals surface area contributed by atoms with E-state index in [4.69, 9.17) is 11.6 Å². The van der Waals surface area contributed by atoms with Gasteiger partial charge in [-0.05, 0) is 29.1 Å². The molecule has 138 valence electrons. The smallest absolute Gasteiger partial charge is 0.261 e. The van der Waals surface area contributed by atoms with E-state index in [-0.39, 0.29) is 11.8 Å². The number of amides is 2. The van der Waals surface area contributed by atoms with E-state index in [1.165, 1.54) is 16.9 Å². The molecule has 0 saturated carbocycles. The first kappa shape index (κ1) is 18.9. The number of benzene rings is 1. The maximum absolute atomic E-state index is 12.3. The highest BCUT2D eigenvalue weighted by atomic mass is 35.5. The number of hydrogen-bond donors (Lipinski definition) is 1. The Labute approximate surface area is 162 Å². The number of piperazine rings is 1. The van der Waals surface area contributed by atoms with Crippen molar-refractivity contribution in [3.8, 4) is 0 Å². The van der Waals surface area contributed by atoms with Crippen LogP contribution in [0.1, 0.15) is 21.7 Å². The van der Waals surface area contributed by atoms with Gasteiger partial charge in [-0.2, -0.15) is 0 Å². The predicted octanol–water partition coefficient (Wildman–Crippen LogP) is 2.87. The lowest BCUT2D eigenvalue weighted by Crippen LogP contribution is -2.48. The van der Waals surface area contributed by atoms with E-state index in [1.54, 1.807) is 6.07 Å². The molecule has 26 heavy (non-hydrogen) atoms. The van der Waals surface area contributed by atoms with Gasteiger partial charge in [0.1, 0.15) is 0 Å². The molecule has 1 N–H and O–H groups in total. The average Bonchev–Trinajstić information content (AvgIpc) is 3.19. The van der Waals surface area contributed by atoms with E-state index in [0.29, 0.717) is 17.8 Å². The fourth-order valence-corrected chi connectivity index (χ4v) is 3.71. The Kier molecular flexibility index (Phi) is 6.66. The van der Waals surface area contributed by atoms with Crippen molar-refractivity contribution in [2.75, 3.05) is 32.7 Å². The molecule has 1 aromatic carbocycles. The van der Waals surface area contributed by atoms with Crippen molar-refractivity contribution in [1.82, 2.24) is 15.1 Å². The average molecular weight is 392 g/mol. The summed E-state index contributed by atoms with van der Waals surface area (Å²) in [5.41, 5.74) is 1.23. The van der Waals surface area contributed by atoms with Crippen LogP contribution in [0.5, 0.6) is 0 Å². The lowest BCUT2D eigenvalue weighted by atomic mass is 10.2. The topological polar surface area (TPSA) is 52.7 Å². The van der Waals surface area contributed by atoms with Crippen molar-refractivity contribution in [3.05, 3.63) is 57.2 Å². The first-order valence-electron chi connectivity index (χ1n) is 8.68. The second-order valence-electron chi connectivity index (χ2n) is 6.27. The molecule has 3 rings (SSSR count). The molecule has 1 aliphatic heterocycles. The zero-order valence-corrected chi connectivity index (χ0v) is 16.1. The van der Waals surface area contributed by atoms with Crippen LogP contribution in [0.4, 0.5) is 0 Å². The van der Waals surface area contributed by atoms with Crippen LogP contribution in [0.25, 0.3) is 0 Å². The molecule has 2 amide bonds. The molecule has 0 radical (unpaired) electrons. The molecule has 7 heteroatoms. The van der Waals surface area contributed by atoms with Gasteiger partial charge in [0, 0.05) is 50.7 Å². The molecule has 1 fully saturated rings. The van der Waals surface area contributed by atoms with Crippen LogP contribution >= 0.6 is 22.9 Å². The number of rotatable bonds is 6. The summed E-state index contributed by atoms with van der Waals surface area (Å²) in [6.07, 6.45) is 0.342. The first-order chi connectivity index (χ1) is 12.6. The zero-order valence-electron chi connectivity index (χ0n) is 14.5. The second kappa shape index (κ2) is 9.16. The Hall–Kier alpha value is -1.89. The van der Waals surface area contributed by atoms with Gasteiger partial charge in [0.15, 0.2) is 0 Å². The van der Waals surface area contributed by atoms with E-state index in [0.717, 1.165) is 37.7 Å². The molecule has 0 atom stereocenters. The van der Waals surface area contributed by atoms with E-state index in [9.17, 15) is 9.59 Å². The highest BCUT2D eigenvalue weighted by molar-refractivity contribution is 7.12. The molecule has 0 spiro atoms. The van der Waals surface area contributed by atoms with Crippen LogP contribution in [-0.4, -0.2) is 54.3 Å². The van der Waals surface area contributed by atoms with Crippen LogP contribution < -0.4 is 5.32 Å². The summed E-state index contributed by atoms with van der Waals surface area (Å²) in [6.45, 7) is 4.42. The summed E-state index contributed by atoms with van der Waals surface area (Å²) in [5.74, 6) is -0.0109. The fourth-order valence-electron chi connectivity index (χ4n) is 2.94. The predicted molar refractivity (Wildman–Crippen MR) is 105 cm³/mol. The summed E-state index contributed by atoms with van der Waals surface area (Å²) in [4.78, 5) is 29.1. The first-order valence-corrected chi connectivity index (χ1v) is 9.94. The number of halogens is 1. The van der Waals surface area contributed by atoms with Gasteiger partial charge in [-0.15, -0.1) is 11.3 Å². The molecule has 0 aliphatic carbocycles. The Bertz CT molecular complexity index is 726. The van der Waals surface area contributed by atoms with Crippen LogP contribution in [0.3, 0.4) is 0 Å². The number of thiophene rings is 1. The molecule has 2 heterocycles. The van der Waals surface area contributed by atoms with Gasteiger partial charge in [-0.1, -0.05) is 29.8 Å². The zero-order chi connectivity index (χ0) is 18.4.